The number of amides is 1. The number of sulfonamides is 1. The van der Waals surface area contributed by atoms with E-state index in [1.54, 1.807) is 0 Å². The smallest absolute Gasteiger partial charge is 0.407 e. The average molecular weight is 292 g/mol. The van der Waals surface area contributed by atoms with Gasteiger partial charge in [-0.05, 0) is 33.6 Å². The summed E-state index contributed by atoms with van der Waals surface area (Å²) in [5.41, 5.74) is -0.331. The predicted molar refractivity (Wildman–Crippen MR) is 73.4 cm³/mol. The van der Waals surface area contributed by atoms with Crippen LogP contribution in [-0.2, 0) is 14.8 Å². The van der Waals surface area contributed by atoms with E-state index in [1.165, 1.54) is 10.6 Å². The largest absolute Gasteiger partial charge is 0.449 e. The molecule has 1 N–H and O–H groups in total. The second-order valence-electron chi connectivity index (χ2n) is 6.10. The first-order chi connectivity index (χ1) is 8.58. The van der Waals surface area contributed by atoms with Gasteiger partial charge in [-0.3, -0.25) is 0 Å². The Morgan fingerprint density at radius 2 is 2.05 bits per heavy atom. The van der Waals surface area contributed by atoms with Gasteiger partial charge in [0.15, 0.2) is 0 Å². The quantitative estimate of drug-likeness (QED) is 0.847. The molecule has 0 aromatic carbocycles. The number of rotatable bonds is 3. The van der Waals surface area contributed by atoms with Crippen LogP contribution in [0.4, 0.5) is 4.79 Å². The Labute approximate surface area is 115 Å². The molecule has 1 saturated heterocycles. The Kier molecular flexibility index (Phi) is 5.20. The number of hydrogen-bond donors (Lipinski definition) is 1. The standard InChI is InChI=1S/C12H24N2O4S/c1-12(2,3)13-11(15)18-9-10-6-5-7-14(8-10)19(4,16)17/h10H,5-9H2,1-4H3,(H,13,15). The zero-order valence-corrected chi connectivity index (χ0v) is 12.9. The summed E-state index contributed by atoms with van der Waals surface area (Å²) in [7, 11) is -3.15. The molecule has 7 heteroatoms. The van der Waals surface area contributed by atoms with Crippen molar-refractivity contribution in [2.75, 3.05) is 26.0 Å². The lowest BCUT2D eigenvalue weighted by Gasteiger charge is -2.30. The van der Waals surface area contributed by atoms with E-state index in [0.29, 0.717) is 13.1 Å². The lowest BCUT2D eigenvalue weighted by molar-refractivity contribution is 0.103. The minimum absolute atomic E-state index is 0.0780. The van der Waals surface area contributed by atoms with Gasteiger partial charge in [0.05, 0.1) is 12.9 Å². The van der Waals surface area contributed by atoms with Crippen LogP contribution in [0.1, 0.15) is 33.6 Å². The highest BCUT2D eigenvalue weighted by atomic mass is 32.2. The molecule has 0 spiro atoms. The molecular weight excluding hydrogens is 268 g/mol. The fourth-order valence-corrected chi connectivity index (χ4v) is 2.94. The molecule has 1 heterocycles. The Hall–Kier alpha value is -0.820. The van der Waals surface area contributed by atoms with E-state index >= 15 is 0 Å². The predicted octanol–water partition coefficient (Wildman–Crippen LogP) is 1.18. The minimum Gasteiger partial charge on any atom is -0.449 e. The number of hydrogen-bond acceptors (Lipinski definition) is 4. The normalized spacial score (nSPS) is 22.0. The number of nitrogens with one attached hydrogen (secondary N) is 1. The maximum Gasteiger partial charge on any atom is 0.407 e. The van der Waals surface area contributed by atoms with Gasteiger partial charge in [0.1, 0.15) is 0 Å². The van der Waals surface area contributed by atoms with Crippen LogP contribution in [0.15, 0.2) is 0 Å². The van der Waals surface area contributed by atoms with Crippen molar-refractivity contribution in [3.63, 3.8) is 0 Å². The highest BCUT2D eigenvalue weighted by Crippen LogP contribution is 2.19. The molecule has 19 heavy (non-hydrogen) atoms. The second-order valence-corrected chi connectivity index (χ2v) is 8.09. The molecule has 1 fully saturated rings. The van der Waals surface area contributed by atoms with Crippen LogP contribution in [0.25, 0.3) is 0 Å². The summed E-state index contributed by atoms with van der Waals surface area (Å²) in [6, 6.07) is 0. The summed E-state index contributed by atoms with van der Waals surface area (Å²) >= 11 is 0. The zero-order chi connectivity index (χ0) is 14.7. The van der Waals surface area contributed by atoms with Crippen molar-refractivity contribution in [3.05, 3.63) is 0 Å². The van der Waals surface area contributed by atoms with Gasteiger partial charge < -0.3 is 10.1 Å². The summed E-state index contributed by atoms with van der Waals surface area (Å²) in [5, 5.41) is 2.71. The summed E-state index contributed by atoms with van der Waals surface area (Å²) in [5.74, 6) is 0.0780. The second kappa shape index (κ2) is 6.09. The van der Waals surface area contributed by atoms with Crippen molar-refractivity contribution in [2.45, 2.75) is 39.2 Å². The van der Waals surface area contributed by atoms with E-state index in [-0.39, 0.29) is 18.1 Å². The van der Waals surface area contributed by atoms with Crippen molar-refractivity contribution in [1.82, 2.24) is 9.62 Å². The van der Waals surface area contributed by atoms with Crippen LogP contribution < -0.4 is 5.32 Å². The van der Waals surface area contributed by atoms with E-state index in [2.05, 4.69) is 5.32 Å². The molecule has 0 aliphatic carbocycles. The molecule has 0 radical (unpaired) electrons. The molecule has 1 amide bonds. The lowest BCUT2D eigenvalue weighted by Crippen LogP contribution is -2.43. The van der Waals surface area contributed by atoms with Gasteiger partial charge in [-0.25, -0.2) is 17.5 Å². The van der Waals surface area contributed by atoms with Crippen molar-refractivity contribution < 1.29 is 17.9 Å². The van der Waals surface area contributed by atoms with Gasteiger partial charge in [0, 0.05) is 24.5 Å². The Bertz CT molecular complexity index is 414. The number of ether oxygens (including phenoxy) is 1. The molecule has 0 aromatic heterocycles. The monoisotopic (exact) mass is 292 g/mol. The third-order valence-corrected chi connectivity index (χ3v) is 4.15. The van der Waals surface area contributed by atoms with Gasteiger partial charge in [0.25, 0.3) is 0 Å². The fraction of sp³-hybridized carbons (Fsp3) is 0.917. The van der Waals surface area contributed by atoms with Crippen molar-refractivity contribution in [2.24, 2.45) is 5.92 Å². The van der Waals surface area contributed by atoms with Crippen LogP contribution in [0.2, 0.25) is 0 Å². The van der Waals surface area contributed by atoms with Crippen molar-refractivity contribution >= 4 is 16.1 Å². The molecule has 112 valence electrons. The zero-order valence-electron chi connectivity index (χ0n) is 12.1. The van der Waals surface area contributed by atoms with Crippen molar-refractivity contribution in [1.29, 1.82) is 0 Å². The number of carbonyl (C=O) groups is 1. The summed E-state index contributed by atoms with van der Waals surface area (Å²) < 4.78 is 29.5. The summed E-state index contributed by atoms with van der Waals surface area (Å²) in [6.45, 7) is 6.87. The van der Waals surface area contributed by atoms with Gasteiger partial charge in [-0.2, -0.15) is 0 Å². The van der Waals surface area contributed by atoms with Crippen LogP contribution in [0, 0.1) is 5.92 Å². The number of alkyl carbamates (subject to hydrolysis) is 1. The highest BCUT2D eigenvalue weighted by Gasteiger charge is 2.27. The Morgan fingerprint density at radius 3 is 2.58 bits per heavy atom. The number of piperidine rings is 1. The molecule has 1 aliphatic heterocycles. The van der Waals surface area contributed by atoms with Crippen LogP contribution in [-0.4, -0.2) is 50.3 Å². The van der Waals surface area contributed by atoms with Gasteiger partial charge >= 0.3 is 6.09 Å². The third-order valence-electron chi connectivity index (χ3n) is 2.88. The Balaban J connectivity index is 2.40. The van der Waals surface area contributed by atoms with Gasteiger partial charge in [-0.15, -0.1) is 0 Å². The van der Waals surface area contributed by atoms with Gasteiger partial charge in [0.2, 0.25) is 10.0 Å². The summed E-state index contributed by atoms with van der Waals surface area (Å²) in [4.78, 5) is 11.5. The molecule has 1 rings (SSSR count). The average Bonchev–Trinajstić information content (AvgIpc) is 2.23. The van der Waals surface area contributed by atoms with E-state index in [9.17, 15) is 13.2 Å². The molecule has 0 saturated carbocycles. The van der Waals surface area contributed by atoms with Crippen LogP contribution in [0.5, 0.6) is 0 Å². The maximum absolute atomic E-state index is 11.5. The molecular formula is C12H24N2O4S. The van der Waals surface area contributed by atoms with Crippen molar-refractivity contribution in [3.8, 4) is 0 Å². The van der Waals surface area contributed by atoms with Gasteiger partial charge in [-0.1, -0.05) is 0 Å². The first kappa shape index (κ1) is 16.2. The van der Waals surface area contributed by atoms with E-state index < -0.39 is 16.1 Å². The number of nitrogens with zero attached hydrogens (tertiary/aromatic N) is 1. The molecule has 0 aromatic rings. The molecule has 6 nitrogen and oxygen atoms in total. The molecule has 1 atom stereocenters. The first-order valence-electron chi connectivity index (χ1n) is 6.48. The lowest BCUT2D eigenvalue weighted by atomic mass is 10.0. The number of carbonyl (C=O) groups excluding carboxylic acids is 1. The Morgan fingerprint density at radius 1 is 1.42 bits per heavy atom. The minimum atomic E-state index is -3.15. The van der Waals surface area contributed by atoms with E-state index in [4.69, 9.17) is 4.74 Å². The maximum atomic E-state index is 11.5. The van der Waals surface area contributed by atoms with Crippen LogP contribution in [0.3, 0.4) is 0 Å². The third kappa shape index (κ3) is 6.24. The molecule has 1 unspecified atom stereocenters. The first-order valence-corrected chi connectivity index (χ1v) is 8.33. The van der Waals surface area contributed by atoms with E-state index in [1.807, 2.05) is 20.8 Å². The fourth-order valence-electron chi connectivity index (χ4n) is 2.00. The summed E-state index contributed by atoms with van der Waals surface area (Å²) in [6.07, 6.45) is 2.45. The van der Waals surface area contributed by atoms with Crippen LogP contribution >= 0.6 is 0 Å². The van der Waals surface area contributed by atoms with E-state index in [0.717, 1.165) is 12.8 Å². The highest BCUT2D eigenvalue weighted by molar-refractivity contribution is 7.88. The molecule has 0 bridgehead atoms. The molecule has 1 aliphatic rings. The topological polar surface area (TPSA) is 75.7 Å². The SMILES string of the molecule is CC(C)(C)NC(=O)OCC1CCCN(S(C)(=O)=O)C1.